The summed E-state index contributed by atoms with van der Waals surface area (Å²) in [7, 11) is 1.37. The average molecular weight is 154 g/mol. The van der Waals surface area contributed by atoms with Crippen molar-refractivity contribution < 1.29 is 9.53 Å². The zero-order valence-electron chi connectivity index (χ0n) is 6.57. The van der Waals surface area contributed by atoms with Gasteiger partial charge in [-0.25, -0.2) is 4.98 Å². The molecule has 1 heterocycles. The lowest BCUT2D eigenvalue weighted by Gasteiger charge is -2.01. The molecule has 1 rings (SSSR count). The number of esters is 1. The molecule has 4 heteroatoms. The van der Waals surface area contributed by atoms with Crippen LogP contribution in [0, 0.1) is 6.92 Å². The van der Waals surface area contributed by atoms with E-state index >= 15 is 0 Å². The largest absolute Gasteiger partial charge is 0.468 e. The van der Waals surface area contributed by atoms with E-state index < -0.39 is 0 Å². The molecule has 11 heavy (non-hydrogen) atoms. The van der Waals surface area contributed by atoms with Crippen LogP contribution in [0.1, 0.15) is 5.69 Å². The van der Waals surface area contributed by atoms with Gasteiger partial charge in [0.15, 0.2) is 0 Å². The summed E-state index contributed by atoms with van der Waals surface area (Å²) in [5.41, 5.74) is 0.954. The predicted molar refractivity (Wildman–Crippen MR) is 39.0 cm³/mol. The number of nitrogens with zero attached hydrogens (tertiary/aromatic N) is 2. The van der Waals surface area contributed by atoms with Gasteiger partial charge >= 0.3 is 5.97 Å². The van der Waals surface area contributed by atoms with E-state index in [1.54, 1.807) is 17.1 Å². The minimum atomic E-state index is -0.258. The molecule has 1 aromatic heterocycles. The van der Waals surface area contributed by atoms with E-state index in [2.05, 4.69) is 9.72 Å². The summed E-state index contributed by atoms with van der Waals surface area (Å²) in [6, 6.07) is 0. The molecule has 0 N–H and O–H groups in total. The summed E-state index contributed by atoms with van der Waals surface area (Å²) in [5.74, 6) is -0.258. The lowest BCUT2D eigenvalue weighted by Crippen LogP contribution is -2.11. The number of methoxy groups -OCH3 is 1. The Morgan fingerprint density at radius 2 is 2.55 bits per heavy atom. The SMILES string of the molecule is COC(=O)Cn1cncc1C. The van der Waals surface area contributed by atoms with Gasteiger partial charge in [0.1, 0.15) is 6.54 Å². The fraction of sp³-hybridized carbons (Fsp3) is 0.429. The van der Waals surface area contributed by atoms with Gasteiger partial charge in [0, 0.05) is 11.9 Å². The molecule has 0 atom stereocenters. The number of hydrogen-bond donors (Lipinski definition) is 0. The van der Waals surface area contributed by atoms with Crippen LogP contribution in [0.3, 0.4) is 0 Å². The van der Waals surface area contributed by atoms with Gasteiger partial charge in [0.25, 0.3) is 0 Å². The monoisotopic (exact) mass is 154 g/mol. The van der Waals surface area contributed by atoms with Gasteiger partial charge in [-0.15, -0.1) is 0 Å². The highest BCUT2D eigenvalue weighted by atomic mass is 16.5. The van der Waals surface area contributed by atoms with Gasteiger partial charge < -0.3 is 9.30 Å². The molecule has 4 nitrogen and oxygen atoms in total. The molecule has 0 saturated carbocycles. The van der Waals surface area contributed by atoms with Crippen LogP contribution in [0.4, 0.5) is 0 Å². The van der Waals surface area contributed by atoms with Crippen LogP contribution < -0.4 is 0 Å². The number of imidazole rings is 1. The Morgan fingerprint density at radius 3 is 3.00 bits per heavy atom. The Morgan fingerprint density at radius 1 is 1.82 bits per heavy atom. The fourth-order valence-corrected chi connectivity index (χ4v) is 0.756. The van der Waals surface area contributed by atoms with Gasteiger partial charge in [-0.05, 0) is 6.92 Å². The van der Waals surface area contributed by atoms with Crippen molar-refractivity contribution in [1.82, 2.24) is 9.55 Å². The highest BCUT2D eigenvalue weighted by molar-refractivity contribution is 5.69. The molecule has 0 aliphatic rings. The minimum absolute atomic E-state index is 0.238. The van der Waals surface area contributed by atoms with Crippen molar-refractivity contribution in [2.45, 2.75) is 13.5 Å². The van der Waals surface area contributed by atoms with Gasteiger partial charge in [-0.3, -0.25) is 4.79 Å². The third kappa shape index (κ3) is 1.80. The van der Waals surface area contributed by atoms with Crippen molar-refractivity contribution in [3.63, 3.8) is 0 Å². The van der Waals surface area contributed by atoms with Crippen molar-refractivity contribution >= 4 is 5.97 Å². The van der Waals surface area contributed by atoms with Crippen LogP contribution in [0.15, 0.2) is 12.5 Å². The highest BCUT2D eigenvalue weighted by Gasteiger charge is 2.02. The van der Waals surface area contributed by atoms with Gasteiger partial charge in [0.05, 0.1) is 13.4 Å². The molecule has 60 valence electrons. The first-order valence-electron chi connectivity index (χ1n) is 3.27. The Balaban J connectivity index is 2.64. The lowest BCUT2D eigenvalue weighted by atomic mass is 10.5. The average Bonchev–Trinajstić information content (AvgIpc) is 2.37. The van der Waals surface area contributed by atoms with E-state index in [0.29, 0.717) is 0 Å². The minimum Gasteiger partial charge on any atom is -0.468 e. The maximum Gasteiger partial charge on any atom is 0.325 e. The third-order valence-corrected chi connectivity index (χ3v) is 1.45. The molecule has 0 spiro atoms. The summed E-state index contributed by atoms with van der Waals surface area (Å²) in [6.07, 6.45) is 3.30. The molecule has 0 aromatic carbocycles. The molecule has 0 aliphatic carbocycles. The maximum atomic E-state index is 10.8. The molecular weight excluding hydrogens is 144 g/mol. The maximum absolute atomic E-state index is 10.8. The molecular formula is C7H10N2O2. The van der Waals surface area contributed by atoms with Crippen molar-refractivity contribution in [3.05, 3.63) is 18.2 Å². The molecule has 0 aliphatic heterocycles. The fourth-order valence-electron chi connectivity index (χ4n) is 0.756. The molecule has 1 aromatic rings. The normalized spacial score (nSPS) is 9.64. The van der Waals surface area contributed by atoms with Crippen molar-refractivity contribution in [2.24, 2.45) is 0 Å². The third-order valence-electron chi connectivity index (χ3n) is 1.45. The molecule has 0 fully saturated rings. The topological polar surface area (TPSA) is 44.1 Å². The van der Waals surface area contributed by atoms with Crippen LogP contribution in [0.5, 0.6) is 0 Å². The second kappa shape index (κ2) is 3.18. The van der Waals surface area contributed by atoms with Gasteiger partial charge in [0.2, 0.25) is 0 Å². The summed E-state index contributed by atoms with van der Waals surface area (Å²) in [5, 5.41) is 0. The summed E-state index contributed by atoms with van der Waals surface area (Å²) in [4.78, 5) is 14.6. The van der Waals surface area contributed by atoms with Gasteiger partial charge in [-0.1, -0.05) is 0 Å². The number of aromatic nitrogens is 2. The van der Waals surface area contributed by atoms with Crippen molar-refractivity contribution in [1.29, 1.82) is 0 Å². The molecule has 0 amide bonds. The number of rotatable bonds is 2. The van der Waals surface area contributed by atoms with Crippen molar-refractivity contribution in [2.75, 3.05) is 7.11 Å². The number of ether oxygens (including phenoxy) is 1. The standard InChI is InChI=1S/C7H10N2O2/c1-6-3-8-5-9(6)4-7(10)11-2/h3,5H,4H2,1-2H3. The number of hydrogen-bond acceptors (Lipinski definition) is 3. The molecule has 0 saturated heterocycles. The molecule has 0 radical (unpaired) electrons. The van der Waals surface area contributed by atoms with Crippen LogP contribution in [-0.4, -0.2) is 22.6 Å². The van der Waals surface area contributed by atoms with E-state index in [1.807, 2.05) is 6.92 Å². The predicted octanol–water partition coefficient (Wildman–Crippen LogP) is 0.365. The zero-order valence-corrected chi connectivity index (χ0v) is 6.57. The number of carbonyl (C=O) groups excluding carboxylic acids is 1. The smallest absolute Gasteiger partial charge is 0.325 e. The second-order valence-corrected chi connectivity index (χ2v) is 2.24. The quantitative estimate of drug-likeness (QED) is 0.578. The second-order valence-electron chi connectivity index (χ2n) is 2.24. The van der Waals surface area contributed by atoms with E-state index in [1.165, 1.54) is 7.11 Å². The van der Waals surface area contributed by atoms with Crippen LogP contribution in [0.2, 0.25) is 0 Å². The Kier molecular flexibility index (Phi) is 2.25. The zero-order chi connectivity index (χ0) is 8.27. The van der Waals surface area contributed by atoms with Crippen LogP contribution >= 0.6 is 0 Å². The first-order valence-corrected chi connectivity index (χ1v) is 3.27. The van der Waals surface area contributed by atoms with Crippen LogP contribution in [0.25, 0.3) is 0 Å². The van der Waals surface area contributed by atoms with Crippen LogP contribution in [-0.2, 0) is 16.1 Å². The summed E-state index contributed by atoms with van der Waals surface area (Å²) >= 11 is 0. The Bertz CT molecular complexity index is 255. The van der Waals surface area contributed by atoms with E-state index in [4.69, 9.17) is 0 Å². The Hall–Kier alpha value is -1.32. The Labute approximate surface area is 64.8 Å². The van der Waals surface area contributed by atoms with E-state index in [9.17, 15) is 4.79 Å². The first kappa shape index (κ1) is 7.78. The van der Waals surface area contributed by atoms with Crippen molar-refractivity contribution in [3.8, 4) is 0 Å². The van der Waals surface area contributed by atoms with Gasteiger partial charge in [-0.2, -0.15) is 0 Å². The number of carbonyl (C=O) groups is 1. The highest BCUT2D eigenvalue weighted by Crippen LogP contribution is 1.95. The molecule has 0 unspecified atom stereocenters. The first-order chi connectivity index (χ1) is 5.24. The lowest BCUT2D eigenvalue weighted by molar-refractivity contribution is -0.141. The summed E-state index contributed by atoms with van der Waals surface area (Å²) < 4.78 is 6.22. The van der Waals surface area contributed by atoms with E-state index in [-0.39, 0.29) is 12.5 Å². The summed E-state index contributed by atoms with van der Waals surface area (Å²) in [6.45, 7) is 2.12. The van der Waals surface area contributed by atoms with E-state index in [0.717, 1.165) is 5.69 Å². The number of aryl methyl sites for hydroxylation is 1. The molecule has 0 bridgehead atoms.